The second-order valence-corrected chi connectivity index (χ2v) is 6.11. The lowest BCUT2D eigenvalue weighted by molar-refractivity contribution is -0.133. The van der Waals surface area contributed by atoms with Crippen molar-refractivity contribution in [2.75, 3.05) is 25.0 Å². The second kappa shape index (κ2) is 10.1. The van der Waals surface area contributed by atoms with E-state index < -0.39 is 5.97 Å². The van der Waals surface area contributed by atoms with Crippen LogP contribution in [-0.4, -0.2) is 47.5 Å². The molecule has 2 aromatic carbocycles. The number of carbonyl (C=O) groups excluding carboxylic acids is 2. The van der Waals surface area contributed by atoms with Gasteiger partial charge in [-0.25, -0.2) is 4.79 Å². The Morgan fingerprint density at radius 3 is 2.32 bits per heavy atom. The lowest BCUT2D eigenvalue weighted by Gasteiger charge is -2.18. The van der Waals surface area contributed by atoms with E-state index >= 15 is 0 Å². The zero-order chi connectivity index (χ0) is 20.5. The first-order valence-electron chi connectivity index (χ1n) is 9.05. The molecule has 0 aromatic heterocycles. The minimum atomic E-state index is -1.01. The smallest absolute Gasteiger partial charge is 0.335 e. The first-order chi connectivity index (χ1) is 13.4. The van der Waals surface area contributed by atoms with Gasteiger partial charge in [-0.3, -0.25) is 9.59 Å². The van der Waals surface area contributed by atoms with Crippen molar-refractivity contribution in [1.29, 1.82) is 0 Å². The summed E-state index contributed by atoms with van der Waals surface area (Å²) >= 11 is 0. The van der Waals surface area contributed by atoms with Crippen molar-refractivity contribution < 1.29 is 24.2 Å². The Hall–Kier alpha value is -3.35. The maximum Gasteiger partial charge on any atom is 0.335 e. The van der Waals surface area contributed by atoms with Gasteiger partial charge in [0.25, 0.3) is 5.91 Å². The molecular weight excluding hydrogens is 360 g/mol. The fourth-order valence-corrected chi connectivity index (χ4v) is 2.63. The Kier molecular flexibility index (Phi) is 7.56. The molecule has 7 heteroatoms. The van der Waals surface area contributed by atoms with Crippen LogP contribution in [0.3, 0.4) is 0 Å². The third-order valence-electron chi connectivity index (χ3n) is 4.16. The minimum Gasteiger partial charge on any atom is -0.484 e. The van der Waals surface area contributed by atoms with Gasteiger partial charge in [-0.15, -0.1) is 0 Å². The third kappa shape index (κ3) is 6.12. The Balaban J connectivity index is 1.91. The standard InChI is InChI=1S/C21H24N2O5/c1-3-23(4-2)20(25)14-28-18-7-5-6-17(13-18)22-19(24)12-15-8-10-16(11-9-15)21(26)27/h5-11,13H,3-4,12,14H2,1-2H3,(H,22,24)(H,26,27). The first kappa shape index (κ1) is 21.0. The second-order valence-electron chi connectivity index (χ2n) is 6.11. The highest BCUT2D eigenvalue weighted by molar-refractivity contribution is 5.93. The molecular formula is C21H24N2O5. The van der Waals surface area contributed by atoms with E-state index in [0.29, 0.717) is 30.1 Å². The Labute approximate surface area is 163 Å². The summed E-state index contributed by atoms with van der Waals surface area (Å²) in [5.41, 5.74) is 1.44. The molecule has 0 aliphatic heterocycles. The monoisotopic (exact) mass is 384 g/mol. The average molecular weight is 384 g/mol. The number of carbonyl (C=O) groups is 3. The van der Waals surface area contributed by atoms with Crippen molar-refractivity contribution in [3.8, 4) is 5.75 Å². The molecule has 0 heterocycles. The van der Waals surface area contributed by atoms with Gasteiger partial charge in [0.1, 0.15) is 5.75 Å². The summed E-state index contributed by atoms with van der Waals surface area (Å²) in [5, 5.41) is 11.7. The molecule has 148 valence electrons. The maximum atomic E-state index is 12.2. The number of amides is 2. The summed E-state index contributed by atoms with van der Waals surface area (Å²) in [7, 11) is 0. The fraction of sp³-hybridized carbons (Fsp3) is 0.286. The summed E-state index contributed by atoms with van der Waals surface area (Å²) in [5.74, 6) is -0.847. The maximum absolute atomic E-state index is 12.2. The van der Waals surface area contributed by atoms with Crippen LogP contribution in [0, 0.1) is 0 Å². The molecule has 0 fully saturated rings. The highest BCUT2D eigenvalue weighted by Crippen LogP contribution is 2.18. The van der Waals surface area contributed by atoms with E-state index in [2.05, 4.69) is 5.32 Å². The molecule has 0 radical (unpaired) electrons. The molecule has 2 rings (SSSR count). The van der Waals surface area contributed by atoms with Crippen molar-refractivity contribution >= 4 is 23.5 Å². The molecule has 2 amide bonds. The van der Waals surface area contributed by atoms with Gasteiger partial charge in [-0.1, -0.05) is 18.2 Å². The lowest BCUT2D eigenvalue weighted by Crippen LogP contribution is -2.34. The number of carboxylic acids is 1. The lowest BCUT2D eigenvalue weighted by atomic mass is 10.1. The highest BCUT2D eigenvalue weighted by atomic mass is 16.5. The van der Waals surface area contributed by atoms with Crippen LogP contribution in [0.4, 0.5) is 5.69 Å². The molecule has 0 atom stereocenters. The number of aromatic carboxylic acids is 1. The van der Waals surface area contributed by atoms with E-state index in [4.69, 9.17) is 9.84 Å². The Bertz CT molecular complexity index is 829. The molecule has 7 nitrogen and oxygen atoms in total. The van der Waals surface area contributed by atoms with Crippen LogP contribution in [0.25, 0.3) is 0 Å². The number of rotatable bonds is 9. The zero-order valence-electron chi connectivity index (χ0n) is 16.0. The molecule has 0 unspecified atom stereocenters. The first-order valence-corrected chi connectivity index (χ1v) is 9.05. The van der Waals surface area contributed by atoms with Crippen molar-refractivity contribution in [3.05, 3.63) is 59.7 Å². The SMILES string of the molecule is CCN(CC)C(=O)COc1cccc(NC(=O)Cc2ccc(C(=O)O)cc2)c1. The largest absolute Gasteiger partial charge is 0.484 e. The van der Waals surface area contributed by atoms with Gasteiger partial charge in [0.15, 0.2) is 6.61 Å². The number of hydrogen-bond donors (Lipinski definition) is 2. The van der Waals surface area contributed by atoms with Gasteiger partial charge < -0.3 is 20.1 Å². The van der Waals surface area contributed by atoms with Gasteiger partial charge in [0.2, 0.25) is 5.91 Å². The number of likely N-dealkylation sites (N-methyl/N-ethyl adjacent to an activating group) is 1. The number of hydrogen-bond acceptors (Lipinski definition) is 4. The van der Waals surface area contributed by atoms with Gasteiger partial charge in [-0.2, -0.15) is 0 Å². The van der Waals surface area contributed by atoms with Gasteiger partial charge >= 0.3 is 5.97 Å². The van der Waals surface area contributed by atoms with Crippen molar-refractivity contribution in [2.45, 2.75) is 20.3 Å². The summed E-state index contributed by atoms with van der Waals surface area (Å²) in [4.78, 5) is 36.8. The van der Waals surface area contributed by atoms with Gasteiger partial charge in [0, 0.05) is 24.8 Å². The van der Waals surface area contributed by atoms with Crippen LogP contribution >= 0.6 is 0 Å². The molecule has 0 saturated carbocycles. The molecule has 0 aliphatic rings. The topological polar surface area (TPSA) is 95.9 Å². The number of nitrogens with zero attached hydrogens (tertiary/aromatic N) is 1. The number of benzene rings is 2. The van der Waals surface area contributed by atoms with E-state index in [1.54, 1.807) is 41.3 Å². The summed E-state index contributed by atoms with van der Waals surface area (Å²) in [6.45, 7) is 5.01. The van der Waals surface area contributed by atoms with Gasteiger partial charge in [0.05, 0.1) is 12.0 Å². The van der Waals surface area contributed by atoms with Gasteiger partial charge in [-0.05, 0) is 43.7 Å². The normalized spacial score (nSPS) is 10.2. The predicted molar refractivity (Wildman–Crippen MR) is 106 cm³/mol. The quantitative estimate of drug-likeness (QED) is 0.693. The molecule has 0 spiro atoms. The zero-order valence-corrected chi connectivity index (χ0v) is 16.0. The molecule has 0 bridgehead atoms. The Morgan fingerprint density at radius 1 is 1.04 bits per heavy atom. The molecule has 28 heavy (non-hydrogen) atoms. The van der Waals surface area contributed by atoms with E-state index in [1.165, 1.54) is 12.1 Å². The van der Waals surface area contributed by atoms with Crippen molar-refractivity contribution in [1.82, 2.24) is 4.90 Å². The fourth-order valence-electron chi connectivity index (χ4n) is 2.63. The third-order valence-corrected chi connectivity index (χ3v) is 4.16. The van der Waals surface area contributed by atoms with E-state index in [1.807, 2.05) is 13.8 Å². The molecule has 2 N–H and O–H groups in total. The van der Waals surface area contributed by atoms with E-state index in [0.717, 1.165) is 0 Å². The highest BCUT2D eigenvalue weighted by Gasteiger charge is 2.11. The van der Waals surface area contributed by atoms with E-state index in [-0.39, 0.29) is 30.4 Å². The summed E-state index contributed by atoms with van der Waals surface area (Å²) in [6, 6.07) is 13.0. The predicted octanol–water partition coefficient (Wildman–Crippen LogP) is 2.81. The minimum absolute atomic E-state index is 0.0605. The van der Waals surface area contributed by atoms with Crippen molar-refractivity contribution in [3.63, 3.8) is 0 Å². The van der Waals surface area contributed by atoms with Crippen molar-refractivity contribution in [2.24, 2.45) is 0 Å². The van der Waals surface area contributed by atoms with E-state index in [9.17, 15) is 14.4 Å². The van der Waals surface area contributed by atoms with Crippen LogP contribution < -0.4 is 10.1 Å². The number of nitrogens with one attached hydrogen (secondary N) is 1. The van der Waals surface area contributed by atoms with Crippen LogP contribution in [0.15, 0.2) is 48.5 Å². The van der Waals surface area contributed by atoms with Crippen LogP contribution in [-0.2, 0) is 16.0 Å². The van der Waals surface area contributed by atoms with Crippen LogP contribution in [0.1, 0.15) is 29.8 Å². The number of anilines is 1. The molecule has 0 saturated heterocycles. The summed E-state index contributed by atoms with van der Waals surface area (Å²) in [6.07, 6.45) is 0.116. The molecule has 0 aliphatic carbocycles. The number of carboxylic acid groups (broad SMARTS) is 1. The van der Waals surface area contributed by atoms with Crippen LogP contribution in [0.5, 0.6) is 5.75 Å². The molecule has 2 aromatic rings. The van der Waals surface area contributed by atoms with Crippen LogP contribution in [0.2, 0.25) is 0 Å². The number of ether oxygens (including phenoxy) is 1. The summed E-state index contributed by atoms with van der Waals surface area (Å²) < 4.78 is 5.53. The Morgan fingerprint density at radius 2 is 1.71 bits per heavy atom. The average Bonchev–Trinajstić information content (AvgIpc) is 2.68.